The van der Waals surface area contributed by atoms with E-state index in [0.29, 0.717) is 5.92 Å². The van der Waals surface area contributed by atoms with Crippen molar-refractivity contribution < 1.29 is 19.1 Å². The maximum absolute atomic E-state index is 11.9. The number of hydrogen-bond donors (Lipinski definition) is 0. The lowest BCUT2D eigenvalue weighted by molar-refractivity contribution is -0.160. The Morgan fingerprint density at radius 1 is 1.14 bits per heavy atom. The number of carbonyl (C=O) groups is 2. The Hall–Kier alpha value is -1.85. The van der Waals surface area contributed by atoms with Gasteiger partial charge in [-0.3, -0.25) is 9.48 Å². The molecule has 0 radical (unpaired) electrons. The summed E-state index contributed by atoms with van der Waals surface area (Å²) in [7, 11) is 0. The molecule has 0 fully saturated rings. The van der Waals surface area contributed by atoms with Crippen LogP contribution in [0.5, 0.6) is 0 Å². The van der Waals surface area contributed by atoms with Crippen molar-refractivity contribution in [1.82, 2.24) is 9.78 Å². The molecule has 6 heteroatoms. The maximum Gasteiger partial charge on any atom is 0.344 e. The van der Waals surface area contributed by atoms with Crippen LogP contribution < -0.4 is 0 Å². The van der Waals surface area contributed by atoms with E-state index in [1.807, 2.05) is 18.5 Å². The first kappa shape index (κ1) is 18.2. The van der Waals surface area contributed by atoms with E-state index in [0.717, 1.165) is 23.5 Å². The van der Waals surface area contributed by atoms with Crippen molar-refractivity contribution in [3.05, 3.63) is 17.0 Å². The number of aromatic nitrogens is 2. The van der Waals surface area contributed by atoms with Gasteiger partial charge in [0.15, 0.2) is 6.61 Å². The molecule has 0 aliphatic rings. The minimum atomic E-state index is -0.535. The molecule has 0 aromatic carbocycles. The van der Waals surface area contributed by atoms with Gasteiger partial charge in [-0.1, -0.05) is 13.8 Å². The fourth-order valence-electron chi connectivity index (χ4n) is 2.15. The van der Waals surface area contributed by atoms with Crippen LogP contribution in [0.1, 0.15) is 44.6 Å². The van der Waals surface area contributed by atoms with Crippen molar-refractivity contribution in [2.24, 2.45) is 5.92 Å². The summed E-state index contributed by atoms with van der Waals surface area (Å²) >= 11 is 0. The quantitative estimate of drug-likeness (QED) is 0.722. The standard InChI is InChI=1S/C16H26N2O4/c1-10(2)8-18-13(6)14(12(5)17-18)7-15(19)21-9-16(20)22-11(3)4/h10-11H,7-9H2,1-6H3. The third-order valence-corrected chi connectivity index (χ3v) is 3.11. The third kappa shape index (κ3) is 5.50. The Morgan fingerprint density at radius 2 is 1.77 bits per heavy atom. The lowest BCUT2D eigenvalue weighted by atomic mass is 10.1. The van der Waals surface area contributed by atoms with Gasteiger partial charge in [-0.15, -0.1) is 0 Å². The summed E-state index contributed by atoms with van der Waals surface area (Å²) in [4.78, 5) is 23.2. The van der Waals surface area contributed by atoms with Crippen LogP contribution >= 0.6 is 0 Å². The molecule has 1 heterocycles. The summed E-state index contributed by atoms with van der Waals surface area (Å²) in [6.07, 6.45) is -0.102. The number of esters is 2. The summed E-state index contributed by atoms with van der Waals surface area (Å²) in [6, 6.07) is 0. The van der Waals surface area contributed by atoms with Crippen molar-refractivity contribution in [3.63, 3.8) is 0 Å². The van der Waals surface area contributed by atoms with Crippen molar-refractivity contribution in [3.8, 4) is 0 Å². The average Bonchev–Trinajstić information content (AvgIpc) is 2.62. The second kappa shape index (κ2) is 7.96. The number of hydrogen-bond acceptors (Lipinski definition) is 5. The SMILES string of the molecule is Cc1nn(CC(C)C)c(C)c1CC(=O)OCC(=O)OC(C)C. The molecule has 1 aromatic rings. The van der Waals surface area contributed by atoms with Gasteiger partial charge in [-0.2, -0.15) is 5.10 Å². The van der Waals surface area contributed by atoms with E-state index < -0.39 is 11.9 Å². The predicted molar refractivity (Wildman–Crippen MR) is 82.4 cm³/mol. The van der Waals surface area contributed by atoms with Crippen LogP contribution in [0.25, 0.3) is 0 Å². The third-order valence-electron chi connectivity index (χ3n) is 3.11. The molecule has 0 aliphatic heterocycles. The average molecular weight is 310 g/mol. The zero-order valence-electron chi connectivity index (χ0n) is 14.3. The molecular weight excluding hydrogens is 284 g/mol. The first-order valence-electron chi connectivity index (χ1n) is 7.58. The molecule has 0 atom stereocenters. The van der Waals surface area contributed by atoms with Crippen molar-refractivity contribution in [2.75, 3.05) is 6.61 Å². The molecule has 0 N–H and O–H groups in total. The van der Waals surface area contributed by atoms with E-state index in [4.69, 9.17) is 9.47 Å². The Labute approximate surface area is 131 Å². The normalized spacial score (nSPS) is 11.1. The van der Waals surface area contributed by atoms with Crippen LogP contribution in [0.15, 0.2) is 0 Å². The van der Waals surface area contributed by atoms with Crippen LogP contribution in [0.4, 0.5) is 0 Å². The highest BCUT2D eigenvalue weighted by molar-refractivity contribution is 5.78. The second-order valence-electron chi connectivity index (χ2n) is 6.10. The van der Waals surface area contributed by atoms with Gasteiger partial charge in [-0.25, -0.2) is 4.79 Å². The van der Waals surface area contributed by atoms with E-state index in [9.17, 15) is 9.59 Å². The first-order valence-corrected chi connectivity index (χ1v) is 7.58. The molecule has 1 rings (SSSR count). The van der Waals surface area contributed by atoms with Gasteiger partial charge >= 0.3 is 11.9 Å². The number of nitrogens with zero attached hydrogens (tertiary/aromatic N) is 2. The Balaban J connectivity index is 2.61. The van der Waals surface area contributed by atoms with Gasteiger partial charge in [0.2, 0.25) is 0 Å². The molecule has 0 amide bonds. The van der Waals surface area contributed by atoms with Crippen molar-refractivity contribution >= 4 is 11.9 Å². The van der Waals surface area contributed by atoms with Gasteiger partial charge in [-0.05, 0) is 33.6 Å². The van der Waals surface area contributed by atoms with Gasteiger partial charge in [0.05, 0.1) is 18.2 Å². The fraction of sp³-hybridized carbons (Fsp3) is 0.688. The van der Waals surface area contributed by atoms with Gasteiger partial charge in [0, 0.05) is 17.8 Å². The Bertz CT molecular complexity index is 532. The number of ether oxygens (including phenoxy) is 2. The first-order chi connectivity index (χ1) is 10.2. The lowest BCUT2D eigenvalue weighted by Crippen LogP contribution is -2.20. The molecule has 1 aromatic heterocycles. The molecule has 124 valence electrons. The largest absolute Gasteiger partial charge is 0.460 e. The summed E-state index contributed by atoms with van der Waals surface area (Å²) in [5, 5.41) is 4.46. The zero-order valence-corrected chi connectivity index (χ0v) is 14.3. The van der Waals surface area contributed by atoms with Gasteiger partial charge in [0.25, 0.3) is 0 Å². The van der Waals surface area contributed by atoms with Crippen LogP contribution in [0.2, 0.25) is 0 Å². The molecule has 0 unspecified atom stereocenters. The summed E-state index contributed by atoms with van der Waals surface area (Å²) in [5.41, 5.74) is 2.65. The molecule has 0 saturated carbocycles. The van der Waals surface area contributed by atoms with Crippen molar-refractivity contribution in [2.45, 2.75) is 60.6 Å². The lowest BCUT2D eigenvalue weighted by Gasteiger charge is -2.09. The molecule has 0 saturated heterocycles. The molecule has 6 nitrogen and oxygen atoms in total. The van der Waals surface area contributed by atoms with Crippen LogP contribution in [0, 0.1) is 19.8 Å². The second-order valence-corrected chi connectivity index (χ2v) is 6.10. The number of aryl methyl sites for hydroxylation is 1. The summed E-state index contributed by atoms with van der Waals surface area (Å²) in [5.74, 6) is -0.507. The van der Waals surface area contributed by atoms with E-state index in [-0.39, 0.29) is 19.1 Å². The van der Waals surface area contributed by atoms with Crippen LogP contribution in [-0.2, 0) is 32.0 Å². The van der Waals surface area contributed by atoms with Crippen LogP contribution in [0.3, 0.4) is 0 Å². The Kier molecular flexibility index (Phi) is 6.59. The van der Waals surface area contributed by atoms with Gasteiger partial charge < -0.3 is 9.47 Å². The highest BCUT2D eigenvalue weighted by atomic mass is 16.6. The summed E-state index contributed by atoms with van der Waals surface area (Å²) in [6.45, 7) is 12.0. The maximum atomic E-state index is 11.9. The highest BCUT2D eigenvalue weighted by Gasteiger charge is 2.17. The molecular formula is C16H26N2O4. The van der Waals surface area contributed by atoms with E-state index >= 15 is 0 Å². The predicted octanol–water partition coefficient (Wildman–Crippen LogP) is 2.19. The fourth-order valence-corrected chi connectivity index (χ4v) is 2.15. The van der Waals surface area contributed by atoms with E-state index in [1.54, 1.807) is 13.8 Å². The molecule has 22 heavy (non-hydrogen) atoms. The monoisotopic (exact) mass is 310 g/mol. The zero-order chi connectivity index (χ0) is 16.9. The molecule has 0 spiro atoms. The van der Waals surface area contributed by atoms with E-state index in [2.05, 4.69) is 18.9 Å². The highest BCUT2D eigenvalue weighted by Crippen LogP contribution is 2.15. The molecule has 0 aliphatic carbocycles. The minimum Gasteiger partial charge on any atom is -0.460 e. The van der Waals surface area contributed by atoms with Crippen molar-refractivity contribution in [1.29, 1.82) is 0 Å². The number of carbonyl (C=O) groups excluding carboxylic acids is 2. The van der Waals surface area contributed by atoms with Crippen LogP contribution in [-0.4, -0.2) is 34.4 Å². The minimum absolute atomic E-state index is 0.116. The Morgan fingerprint density at radius 3 is 2.32 bits per heavy atom. The molecule has 0 bridgehead atoms. The smallest absolute Gasteiger partial charge is 0.344 e. The summed E-state index contributed by atoms with van der Waals surface area (Å²) < 4.78 is 11.8. The van der Waals surface area contributed by atoms with E-state index in [1.165, 1.54) is 0 Å². The topological polar surface area (TPSA) is 70.4 Å². The number of rotatable bonds is 7. The van der Waals surface area contributed by atoms with Gasteiger partial charge in [0.1, 0.15) is 0 Å².